The minimum Gasteiger partial charge on any atom is -0.340 e. The fraction of sp³-hybridized carbons (Fsp3) is 0.0667. The first-order valence-electron chi connectivity index (χ1n) is 5.88. The number of H-pyrrole nitrogens is 1. The third-order valence-corrected chi connectivity index (χ3v) is 2.79. The molecule has 0 aliphatic carbocycles. The van der Waals surface area contributed by atoms with Gasteiger partial charge in [0.15, 0.2) is 0 Å². The molecule has 0 saturated carbocycles. The van der Waals surface area contributed by atoms with Gasteiger partial charge in [-0.1, -0.05) is 36.4 Å². The Labute approximate surface area is 106 Å². The number of hydrogen-bond acceptors (Lipinski definition) is 2. The maximum Gasteiger partial charge on any atom is 0.104 e. The third-order valence-electron chi connectivity index (χ3n) is 2.79. The summed E-state index contributed by atoms with van der Waals surface area (Å²) in [5.41, 5.74) is 3.94. The lowest BCUT2D eigenvalue weighted by molar-refractivity contribution is 1.15. The molecule has 0 bridgehead atoms. The van der Waals surface area contributed by atoms with Gasteiger partial charge >= 0.3 is 0 Å². The predicted octanol–water partition coefficient (Wildman–Crippen LogP) is 3.45. The number of nitrogens with one attached hydrogen (secondary N) is 1. The van der Waals surface area contributed by atoms with Crippen molar-refractivity contribution in [3.63, 3.8) is 0 Å². The van der Waals surface area contributed by atoms with Crippen molar-refractivity contribution in [1.82, 2.24) is 15.0 Å². The van der Waals surface area contributed by atoms with Gasteiger partial charge in [0.1, 0.15) is 5.82 Å². The van der Waals surface area contributed by atoms with E-state index < -0.39 is 0 Å². The van der Waals surface area contributed by atoms with Crippen LogP contribution in [0.1, 0.15) is 5.82 Å². The Morgan fingerprint density at radius 2 is 1.72 bits per heavy atom. The average Bonchev–Trinajstić information content (AvgIpc) is 2.83. The molecule has 18 heavy (non-hydrogen) atoms. The van der Waals surface area contributed by atoms with E-state index in [9.17, 15) is 0 Å². The van der Waals surface area contributed by atoms with Crippen LogP contribution in [-0.4, -0.2) is 15.0 Å². The van der Waals surface area contributed by atoms with E-state index in [1.807, 2.05) is 43.3 Å². The van der Waals surface area contributed by atoms with Crippen LogP contribution in [0.2, 0.25) is 0 Å². The molecule has 1 aromatic carbocycles. The van der Waals surface area contributed by atoms with Crippen LogP contribution in [0.3, 0.4) is 0 Å². The van der Waals surface area contributed by atoms with Gasteiger partial charge in [-0.15, -0.1) is 0 Å². The number of imidazole rings is 1. The molecular weight excluding hydrogens is 222 g/mol. The van der Waals surface area contributed by atoms with Gasteiger partial charge in [0.05, 0.1) is 17.1 Å². The number of aromatic nitrogens is 3. The van der Waals surface area contributed by atoms with E-state index in [0.717, 1.165) is 28.5 Å². The molecule has 3 aromatic rings. The molecule has 0 amide bonds. The number of benzene rings is 1. The quantitative estimate of drug-likeness (QED) is 0.739. The largest absolute Gasteiger partial charge is 0.340 e. The third kappa shape index (κ3) is 1.91. The molecule has 1 N–H and O–H groups in total. The van der Waals surface area contributed by atoms with Crippen molar-refractivity contribution in [3.05, 3.63) is 60.6 Å². The standard InChI is InChI=1S/C15H13N3/c1-11-17-14(12-7-3-2-4-8-12)15(18-11)13-9-5-6-10-16-13/h2-10H,1H3,(H,17,18). The van der Waals surface area contributed by atoms with E-state index in [0.29, 0.717) is 0 Å². The second-order valence-corrected chi connectivity index (χ2v) is 4.13. The van der Waals surface area contributed by atoms with Crippen molar-refractivity contribution >= 4 is 0 Å². The number of aromatic amines is 1. The number of hydrogen-bond donors (Lipinski definition) is 1. The first-order valence-corrected chi connectivity index (χ1v) is 5.88. The minimum atomic E-state index is 0.898. The summed E-state index contributed by atoms with van der Waals surface area (Å²) in [5, 5.41) is 0. The summed E-state index contributed by atoms with van der Waals surface area (Å²) in [4.78, 5) is 12.2. The molecule has 0 spiro atoms. The topological polar surface area (TPSA) is 41.6 Å². The predicted molar refractivity (Wildman–Crippen MR) is 72.0 cm³/mol. The zero-order valence-electron chi connectivity index (χ0n) is 10.1. The van der Waals surface area contributed by atoms with Crippen LogP contribution in [0.15, 0.2) is 54.7 Å². The van der Waals surface area contributed by atoms with Crippen LogP contribution in [0, 0.1) is 6.92 Å². The highest BCUT2D eigenvalue weighted by molar-refractivity contribution is 5.76. The Hall–Kier alpha value is -2.42. The molecule has 2 heterocycles. The number of aryl methyl sites for hydroxylation is 1. The van der Waals surface area contributed by atoms with Crippen LogP contribution in [0.25, 0.3) is 22.6 Å². The summed E-state index contributed by atoms with van der Waals surface area (Å²) in [6.45, 7) is 1.96. The van der Waals surface area contributed by atoms with E-state index in [4.69, 9.17) is 0 Å². The van der Waals surface area contributed by atoms with Crippen molar-refractivity contribution in [2.75, 3.05) is 0 Å². The Balaban J connectivity index is 2.17. The minimum absolute atomic E-state index is 0.898. The van der Waals surface area contributed by atoms with Crippen LogP contribution in [0.4, 0.5) is 0 Å². The van der Waals surface area contributed by atoms with Crippen molar-refractivity contribution < 1.29 is 0 Å². The smallest absolute Gasteiger partial charge is 0.104 e. The fourth-order valence-corrected chi connectivity index (χ4v) is 1.99. The summed E-state index contributed by atoms with van der Waals surface area (Å²) in [6, 6.07) is 16.0. The Bertz CT molecular complexity index is 585. The molecule has 3 rings (SSSR count). The molecule has 0 radical (unpaired) electrons. The fourth-order valence-electron chi connectivity index (χ4n) is 1.99. The maximum absolute atomic E-state index is 4.56. The van der Waals surface area contributed by atoms with Crippen LogP contribution >= 0.6 is 0 Å². The van der Waals surface area contributed by atoms with Crippen LogP contribution in [-0.2, 0) is 0 Å². The van der Waals surface area contributed by atoms with Crippen LogP contribution in [0.5, 0.6) is 0 Å². The summed E-state index contributed by atoms with van der Waals surface area (Å²) < 4.78 is 0. The number of nitrogens with zero attached hydrogens (tertiary/aromatic N) is 2. The van der Waals surface area contributed by atoms with Crippen molar-refractivity contribution in [2.45, 2.75) is 6.92 Å². The number of pyridine rings is 1. The Kier molecular flexibility index (Phi) is 2.65. The van der Waals surface area contributed by atoms with E-state index in [1.165, 1.54) is 0 Å². The van der Waals surface area contributed by atoms with E-state index in [2.05, 4.69) is 27.1 Å². The molecule has 0 aliphatic rings. The van der Waals surface area contributed by atoms with Crippen LogP contribution < -0.4 is 0 Å². The lowest BCUT2D eigenvalue weighted by atomic mass is 10.1. The van der Waals surface area contributed by atoms with Crippen molar-refractivity contribution in [3.8, 4) is 22.6 Å². The summed E-state index contributed by atoms with van der Waals surface area (Å²) in [7, 11) is 0. The van der Waals surface area contributed by atoms with Gasteiger partial charge in [0.2, 0.25) is 0 Å². The van der Waals surface area contributed by atoms with Gasteiger partial charge in [-0.3, -0.25) is 4.98 Å². The monoisotopic (exact) mass is 235 g/mol. The highest BCUT2D eigenvalue weighted by Gasteiger charge is 2.12. The highest BCUT2D eigenvalue weighted by Crippen LogP contribution is 2.28. The molecule has 0 saturated heterocycles. The molecule has 0 fully saturated rings. The average molecular weight is 235 g/mol. The summed E-state index contributed by atoms with van der Waals surface area (Å²) in [5.74, 6) is 0.898. The normalized spacial score (nSPS) is 10.5. The molecule has 3 heteroatoms. The molecule has 0 unspecified atom stereocenters. The lowest BCUT2D eigenvalue weighted by Gasteiger charge is -2.01. The number of rotatable bonds is 2. The SMILES string of the molecule is Cc1nc(-c2ccccc2)c(-c2ccccn2)[nH]1. The lowest BCUT2D eigenvalue weighted by Crippen LogP contribution is -1.86. The second-order valence-electron chi connectivity index (χ2n) is 4.13. The maximum atomic E-state index is 4.56. The van der Waals surface area contributed by atoms with Gasteiger partial charge in [-0.2, -0.15) is 0 Å². The molecule has 3 nitrogen and oxygen atoms in total. The van der Waals surface area contributed by atoms with Gasteiger partial charge in [0, 0.05) is 11.8 Å². The highest BCUT2D eigenvalue weighted by atomic mass is 14.9. The summed E-state index contributed by atoms with van der Waals surface area (Å²) in [6.07, 6.45) is 1.79. The molecule has 2 aromatic heterocycles. The van der Waals surface area contributed by atoms with E-state index >= 15 is 0 Å². The molecule has 88 valence electrons. The molecule has 0 aliphatic heterocycles. The van der Waals surface area contributed by atoms with Crippen molar-refractivity contribution in [1.29, 1.82) is 0 Å². The van der Waals surface area contributed by atoms with Gasteiger partial charge in [-0.05, 0) is 19.1 Å². The van der Waals surface area contributed by atoms with Gasteiger partial charge < -0.3 is 4.98 Å². The van der Waals surface area contributed by atoms with E-state index in [-0.39, 0.29) is 0 Å². The van der Waals surface area contributed by atoms with Crippen molar-refractivity contribution in [2.24, 2.45) is 0 Å². The zero-order chi connectivity index (χ0) is 12.4. The first kappa shape index (κ1) is 10.7. The Morgan fingerprint density at radius 1 is 0.944 bits per heavy atom. The zero-order valence-corrected chi connectivity index (χ0v) is 10.1. The first-order chi connectivity index (χ1) is 8.84. The molecule has 0 atom stereocenters. The second kappa shape index (κ2) is 4.45. The Morgan fingerprint density at radius 3 is 2.44 bits per heavy atom. The van der Waals surface area contributed by atoms with Gasteiger partial charge in [-0.25, -0.2) is 4.98 Å². The van der Waals surface area contributed by atoms with E-state index in [1.54, 1.807) is 6.20 Å². The summed E-state index contributed by atoms with van der Waals surface area (Å²) >= 11 is 0. The molecular formula is C15H13N3. The van der Waals surface area contributed by atoms with Gasteiger partial charge in [0.25, 0.3) is 0 Å².